The number of nitrogens with zero attached hydrogens (tertiary/aromatic N) is 1. The second-order valence-electron chi connectivity index (χ2n) is 5.90. The van der Waals surface area contributed by atoms with E-state index in [-0.39, 0.29) is 5.60 Å². The smallest absolute Gasteiger partial charge is 0.137 e. The van der Waals surface area contributed by atoms with Gasteiger partial charge in [0.1, 0.15) is 5.75 Å². The third-order valence-corrected chi connectivity index (χ3v) is 3.69. The predicted molar refractivity (Wildman–Crippen MR) is 86.8 cm³/mol. The normalized spacial score (nSPS) is 13.2. The molecule has 0 fully saturated rings. The zero-order valence-electron chi connectivity index (χ0n) is 14.1. The molecule has 0 aliphatic carbocycles. The Morgan fingerprint density at radius 2 is 2.05 bits per heavy atom. The van der Waals surface area contributed by atoms with Crippen LogP contribution in [0.2, 0.25) is 0 Å². The third-order valence-electron chi connectivity index (χ3n) is 3.69. The molecule has 0 aromatic carbocycles. The van der Waals surface area contributed by atoms with E-state index in [1.165, 1.54) is 0 Å². The molecule has 1 aromatic rings. The van der Waals surface area contributed by atoms with Crippen LogP contribution in [0.4, 0.5) is 0 Å². The number of methoxy groups -OCH3 is 1. The van der Waals surface area contributed by atoms with E-state index in [4.69, 9.17) is 9.47 Å². The average molecular weight is 294 g/mol. The topological polar surface area (TPSA) is 43.4 Å². The summed E-state index contributed by atoms with van der Waals surface area (Å²) in [5, 5.41) is 3.51. The van der Waals surface area contributed by atoms with Gasteiger partial charge in [-0.05, 0) is 45.4 Å². The summed E-state index contributed by atoms with van der Waals surface area (Å²) >= 11 is 0. The highest BCUT2D eigenvalue weighted by Crippen LogP contribution is 2.19. The van der Waals surface area contributed by atoms with Crippen LogP contribution in [0.5, 0.6) is 5.75 Å². The van der Waals surface area contributed by atoms with E-state index in [9.17, 15) is 0 Å². The second-order valence-corrected chi connectivity index (χ2v) is 5.90. The first-order valence-corrected chi connectivity index (χ1v) is 7.89. The maximum atomic E-state index is 5.73. The summed E-state index contributed by atoms with van der Waals surface area (Å²) < 4.78 is 11.1. The average Bonchev–Trinajstić information content (AvgIpc) is 2.49. The second kappa shape index (κ2) is 9.00. The van der Waals surface area contributed by atoms with E-state index in [1.807, 2.05) is 18.3 Å². The van der Waals surface area contributed by atoms with Gasteiger partial charge >= 0.3 is 0 Å². The fraction of sp³-hybridized carbons (Fsp3) is 0.706. The van der Waals surface area contributed by atoms with Gasteiger partial charge in [0, 0.05) is 19.6 Å². The summed E-state index contributed by atoms with van der Waals surface area (Å²) in [5.41, 5.74) is 0.931. The first-order chi connectivity index (χ1) is 10.0. The quantitative estimate of drug-likeness (QED) is 0.714. The van der Waals surface area contributed by atoms with Gasteiger partial charge in [-0.2, -0.15) is 0 Å². The first kappa shape index (κ1) is 17.9. The molecule has 4 nitrogen and oxygen atoms in total. The molecule has 0 saturated carbocycles. The highest BCUT2D eigenvalue weighted by Gasteiger charge is 2.16. The van der Waals surface area contributed by atoms with Crippen molar-refractivity contribution in [1.29, 1.82) is 0 Å². The van der Waals surface area contributed by atoms with Crippen LogP contribution in [0.25, 0.3) is 0 Å². The number of nitrogens with one attached hydrogen (secondary N) is 1. The standard InChI is InChI=1S/C17H30N2O2/c1-6-11-18-15(7-2)16-9-8-14(13-19-16)21-12-10-17(3,4)20-5/h8-9,13,15,18H,6-7,10-12H2,1-5H3. The number of pyridine rings is 1. The van der Waals surface area contributed by atoms with Crippen LogP contribution in [0, 0.1) is 0 Å². The minimum atomic E-state index is -0.148. The van der Waals surface area contributed by atoms with Gasteiger partial charge in [-0.25, -0.2) is 0 Å². The molecule has 0 saturated heterocycles. The van der Waals surface area contributed by atoms with Crippen molar-refractivity contribution in [3.63, 3.8) is 0 Å². The van der Waals surface area contributed by atoms with Crippen molar-refractivity contribution in [2.75, 3.05) is 20.3 Å². The minimum absolute atomic E-state index is 0.148. The van der Waals surface area contributed by atoms with Gasteiger partial charge in [-0.3, -0.25) is 4.98 Å². The summed E-state index contributed by atoms with van der Waals surface area (Å²) in [5.74, 6) is 0.816. The largest absolute Gasteiger partial charge is 0.492 e. The van der Waals surface area contributed by atoms with E-state index in [0.717, 1.165) is 37.3 Å². The van der Waals surface area contributed by atoms with Crippen LogP contribution in [0.1, 0.15) is 58.7 Å². The monoisotopic (exact) mass is 294 g/mol. The first-order valence-electron chi connectivity index (χ1n) is 7.89. The molecular weight excluding hydrogens is 264 g/mol. The highest BCUT2D eigenvalue weighted by molar-refractivity contribution is 5.21. The lowest BCUT2D eigenvalue weighted by atomic mass is 10.1. The van der Waals surface area contributed by atoms with Gasteiger partial charge in [0.25, 0.3) is 0 Å². The Morgan fingerprint density at radius 1 is 1.29 bits per heavy atom. The number of hydrogen-bond acceptors (Lipinski definition) is 4. The van der Waals surface area contributed by atoms with E-state index >= 15 is 0 Å². The molecule has 0 radical (unpaired) electrons. The lowest BCUT2D eigenvalue weighted by molar-refractivity contribution is 0.00542. The maximum Gasteiger partial charge on any atom is 0.137 e. The van der Waals surface area contributed by atoms with Gasteiger partial charge in [0.05, 0.1) is 24.1 Å². The molecule has 4 heteroatoms. The van der Waals surface area contributed by atoms with E-state index < -0.39 is 0 Å². The summed E-state index contributed by atoms with van der Waals surface area (Å²) in [7, 11) is 1.73. The molecule has 0 aliphatic heterocycles. The fourth-order valence-corrected chi connectivity index (χ4v) is 1.98. The van der Waals surface area contributed by atoms with E-state index in [1.54, 1.807) is 7.11 Å². The number of hydrogen-bond donors (Lipinski definition) is 1. The molecule has 1 rings (SSSR count). The van der Waals surface area contributed by atoms with Crippen molar-refractivity contribution in [2.45, 2.75) is 58.6 Å². The zero-order valence-corrected chi connectivity index (χ0v) is 14.1. The van der Waals surface area contributed by atoms with Crippen LogP contribution in [-0.4, -0.2) is 30.8 Å². The van der Waals surface area contributed by atoms with E-state index in [0.29, 0.717) is 12.6 Å². The zero-order chi connectivity index (χ0) is 15.7. The Bertz CT molecular complexity index is 390. The Kier molecular flexibility index (Phi) is 7.68. The van der Waals surface area contributed by atoms with Gasteiger partial charge in [0.2, 0.25) is 0 Å². The molecule has 21 heavy (non-hydrogen) atoms. The van der Waals surface area contributed by atoms with Crippen LogP contribution in [0.3, 0.4) is 0 Å². The highest BCUT2D eigenvalue weighted by atomic mass is 16.5. The minimum Gasteiger partial charge on any atom is -0.492 e. The Hall–Kier alpha value is -1.13. The Balaban J connectivity index is 2.49. The van der Waals surface area contributed by atoms with E-state index in [2.05, 4.69) is 38.0 Å². The maximum absolute atomic E-state index is 5.73. The Morgan fingerprint density at radius 3 is 2.57 bits per heavy atom. The molecule has 1 N–H and O–H groups in total. The number of aromatic nitrogens is 1. The fourth-order valence-electron chi connectivity index (χ4n) is 1.98. The lowest BCUT2D eigenvalue weighted by Crippen LogP contribution is -2.25. The molecule has 0 bridgehead atoms. The van der Waals surface area contributed by atoms with Crippen molar-refractivity contribution >= 4 is 0 Å². The van der Waals surface area contributed by atoms with Crippen molar-refractivity contribution in [2.24, 2.45) is 0 Å². The molecule has 1 unspecified atom stereocenters. The summed E-state index contributed by atoms with van der Waals surface area (Å²) in [6.07, 6.45) is 4.83. The number of ether oxygens (including phenoxy) is 2. The van der Waals surface area contributed by atoms with Gasteiger partial charge < -0.3 is 14.8 Å². The van der Waals surface area contributed by atoms with Crippen LogP contribution in [0.15, 0.2) is 18.3 Å². The molecule has 0 spiro atoms. The molecule has 0 aliphatic rings. The van der Waals surface area contributed by atoms with Gasteiger partial charge in [-0.1, -0.05) is 13.8 Å². The lowest BCUT2D eigenvalue weighted by Gasteiger charge is -2.22. The van der Waals surface area contributed by atoms with Crippen molar-refractivity contribution in [3.05, 3.63) is 24.0 Å². The van der Waals surface area contributed by atoms with Gasteiger partial charge in [0.15, 0.2) is 0 Å². The van der Waals surface area contributed by atoms with Crippen LogP contribution >= 0.6 is 0 Å². The van der Waals surface area contributed by atoms with Crippen LogP contribution in [-0.2, 0) is 4.74 Å². The summed E-state index contributed by atoms with van der Waals surface area (Å²) in [6.45, 7) is 10.1. The van der Waals surface area contributed by atoms with Crippen molar-refractivity contribution in [1.82, 2.24) is 10.3 Å². The molecular formula is C17H30N2O2. The van der Waals surface area contributed by atoms with Crippen LogP contribution < -0.4 is 10.1 Å². The summed E-state index contributed by atoms with van der Waals surface area (Å²) in [6, 6.07) is 4.37. The SMILES string of the molecule is CCCNC(CC)c1ccc(OCCC(C)(C)OC)cn1. The molecule has 1 heterocycles. The molecule has 120 valence electrons. The van der Waals surface area contributed by atoms with Crippen molar-refractivity contribution < 1.29 is 9.47 Å². The third kappa shape index (κ3) is 6.44. The van der Waals surface area contributed by atoms with Gasteiger partial charge in [-0.15, -0.1) is 0 Å². The molecule has 1 aromatic heterocycles. The predicted octanol–water partition coefficient (Wildman–Crippen LogP) is 3.73. The molecule has 1 atom stereocenters. The summed E-state index contributed by atoms with van der Waals surface area (Å²) in [4.78, 5) is 4.52. The molecule has 0 amide bonds. The Labute approximate surface area is 129 Å². The number of rotatable bonds is 10. The van der Waals surface area contributed by atoms with Crippen molar-refractivity contribution in [3.8, 4) is 5.75 Å².